The lowest BCUT2D eigenvalue weighted by Gasteiger charge is -2.29. The Kier molecular flexibility index (Phi) is 8.71. The number of hydrogen-bond acceptors (Lipinski definition) is 3. The van der Waals surface area contributed by atoms with Crippen molar-refractivity contribution >= 4 is 11.8 Å². The summed E-state index contributed by atoms with van der Waals surface area (Å²) in [6.45, 7) is 8.75. The molecule has 0 bridgehead atoms. The monoisotopic (exact) mass is 396 g/mol. The van der Waals surface area contributed by atoms with Gasteiger partial charge in [0.15, 0.2) is 6.61 Å². The molecule has 0 heterocycles. The third-order valence-corrected chi connectivity index (χ3v) is 4.74. The molecule has 1 unspecified atom stereocenters. The van der Waals surface area contributed by atoms with Crippen molar-refractivity contribution in [3.8, 4) is 5.75 Å². The number of hydrogen-bond donors (Lipinski definition) is 1. The molecule has 0 aromatic heterocycles. The second kappa shape index (κ2) is 11.2. The summed E-state index contributed by atoms with van der Waals surface area (Å²) in [5, 5.41) is 2.92. The lowest BCUT2D eigenvalue weighted by atomic mass is 10.1. The van der Waals surface area contributed by atoms with Crippen LogP contribution in [0.3, 0.4) is 0 Å². The summed E-state index contributed by atoms with van der Waals surface area (Å²) in [5.41, 5.74) is 2.18. The number of carbonyl (C=O) groups excluding carboxylic acids is 2. The summed E-state index contributed by atoms with van der Waals surface area (Å²) in [6.07, 6.45) is 0.951. The van der Waals surface area contributed by atoms with E-state index in [-0.39, 0.29) is 18.4 Å². The third kappa shape index (κ3) is 7.26. The van der Waals surface area contributed by atoms with Crippen molar-refractivity contribution in [2.24, 2.45) is 5.92 Å². The first-order valence-electron chi connectivity index (χ1n) is 10.2. The molecule has 0 aliphatic rings. The fourth-order valence-electron chi connectivity index (χ4n) is 2.86. The first-order valence-corrected chi connectivity index (χ1v) is 10.2. The van der Waals surface area contributed by atoms with Crippen LogP contribution in [0.2, 0.25) is 0 Å². The summed E-state index contributed by atoms with van der Waals surface area (Å²) < 4.78 is 5.69. The molecule has 5 nitrogen and oxygen atoms in total. The second-order valence-electron chi connectivity index (χ2n) is 7.61. The fourth-order valence-corrected chi connectivity index (χ4v) is 2.86. The molecule has 0 radical (unpaired) electrons. The van der Waals surface area contributed by atoms with Gasteiger partial charge in [0.25, 0.3) is 5.91 Å². The van der Waals surface area contributed by atoms with Crippen LogP contribution in [0.4, 0.5) is 0 Å². The Morgan fingerprint density at radius 3 is 2.21 bits per heavy atom. The molecule has 2 amide bonds. The van der Waals surface area contributed by atoms with Gasteiger partial charge in [-0.25, -0.2) is 0 Å². The number of aryl methyl sites for hydroxylation is 1. The standard InChI is InChI=1S/C24H32N2O3/c1-5-20-11-13-22(14-12-20)29-17-23(27)26(16-21-9-7-6-8-10-21)19(4)24(28)25-15-18(2)3/h6-14,18-19H,5,15-17H2,1-4H3,(H,25,28). The first kappa shape index (κ1) is 22.5. The SMILES string of the molecule is CCc1ccc(OCC(=O)N(Cc2ccccc2)C(C)C(=O)NCC(C)C)cc1. The summed E-state index contributed by atoms with van der Waals surface area (Å²) in [5.74, 6) is 0.613. The van der Waals surface area contributed by atoms with E-state index in [4.69, 9.17) is 4.74 Å². The van der Waals surface area contributed by atoms with Gasteiger partial charge < -0.3 is 15.0 Å². The van der Waals surface area contributed by atoms with E-state index < -0.39 is 6.04 Å². The molecule has 2 aromatic rings. The molecule has 0 fully saturated rings. The highest BCUT2D eigenvalue weighted by molar-refractivity contribution is 5.87. The maximum Gasteiger partial charge on any atom is 0.261 e. The van der Waals surface area contributed by atoms with Crippen molar-refractivity contribution in [2.75, 3.05) is 13.2 Å². The smallest absolute Gasteiger partial charge is 0.261 e. The minimum absolute atomic E-state index is 0.111. The Labute approximate surface area is 174 Å². The van der Waals surface area contributed by atoms with Crippen LogP contribution in [-0.2, 0) is 22.6 Å². The van der Waals surface area contributed by atoms with Gasteiger partial charge in [-0.15, -0.1) is 0 Å². The number of nitrogens with one attached hydrogen (secondary N) is 1. The zero-order valence-electron chi connectivity index (χ0n) is 17.9. The number of rotatable bonds is 10. The predicted molar refractivity (Wildman–Crippen MR) is 116 cm³/mol. The van der Waals surface area contributed by atoms with E-state index in [9.17, 15) is 9.59 Å². The van der Waals surface area contributed by atoms with E-state index in [0.717, 1.165) is 12.0 Å². The average Bonchev–Trinajstić information content (AvgIpc) is 2.74. The third-order valence-electron chi connectivity index (χ3n) is 4.74. The van der Waals surface area contributed by atoms with E-state index in [1.54, 1.807) is 11.8 Å². The molecule has 1 atom stereocenters. The van der Waals surface area contributed by atoms with Crippen molar-refractivity contribution in [3.63, 3.8) is 0 Å². The van der Waals surface area contributed by atoms with Crippen LogP contribution in [0, 0.1) is 5.92 Å². The van der Waals surface area contributed by atoms with E-state index in [2.05, 4.69) is 12.2 Å². The molecule has 2 aromatic carbocycles. The van der Waals surface area contributed by atoms with Crippen LogP contribution in [-0.4, -0.2) is 35.9 Å². The summed E-state index contributed by atoms with van der Waals surface area (Å²) in [6, 6.07) is 16.8. The Morgan fingerprint density at radius 1 is 0.966 bits per heavy atom. The zero-order valence-corrected chi connectivity index (χ0v) is 17.9. The van der Waals surface area contributed by atoms with Crippen molar-refractivity contribution in [1.29, 1.82) is 0 Å². The summed E-state index contributed by atoms with van der Waals surface area (Å²) in [7, 11) is 0. The van der Waals surface area contributed by atoms with Gasteiger partial charge in [0.05, 0.1) is 0 Å². The van der Waals surface area contributed by atoms with Gasteiger partial charge in [-0.05, 0) is 42.5 Å². The van der Waals surface area contributed by atoms with Crippen LogP contribution in [0.25, 0.3) is 0 Å². The number of carbonyl (C=O) groups is 2. The van der Waals surface area contributed by atoms with Gasteiger partial charge in [-0.2, -0.15) is 0 Å². The summed E-state index contributed by atoms with van der Waals surface area (Å²) >= 11 is 0. The minimum Gasteiger partial charge on any atom is -0.484 e. The largest absolute Gasteiger partial charge is 0.484 e. The van der Waals surface area contributed by atoms with Crippen molar-refractivity contribution in [3.05, 3.63) is 65.7 Å². The first-order chi connectivity index (χ1) is 13.9. The Balaban J connectivity index is 2.07. The molecule has 5 heteroatoms. The molecule has 0 aliphatic carbocycles. The molecule has 0 saturated carbocycles. The number of nitrogens with zero attached hydrogens (tertiary/aromatic N) is 1. The fraction of sp³-hybridized carbons (Fsp3) is 0.417. The second-order valence-corrected chi connectivity index (χ2v) is 7.61. The number of benzene rings is 2. The van der Waals surface area contributed by atoms with Gasteiger partial charge in [0.1, 0.15) is 11.8 Å². The van der Waals surface area contributed by atoms with Gasteiger partial charge in [-0.1, -0.05) is 63.2 Å². The Morgan fingerprint density at radius 2 is 1.62 bits per heavy atom. The molecule has 29 heavy (non-hydrogen) atoms. The molecule has 1 N–H and O–H groups in total. The number of ether oxygens (including phenoxy) is 1. The quantitative estimate of drug-likeness (QED) is 0.664. The Hall–Kier alpha value is -2.82. The highest BCUT2D eigenvalue weighted by atomic mass is 16.5. The van der Waals surface area contributed by atoms with E-state index in [1.165, 1.54) is 5.56 Å². The molecule has 156 valence electrons. The zero-order chi connectivity index (χ0) is 21.2. The lowest BCUT2D eigenvalue weighted by molar-refractivity contribution is -0.142. The lowest BCUT2D eigenvalue weighted by Crippen LogP contribution is -2.49. The van der Waals surface area contributed by atoms with E-state index >= 15 is 0 Å². The molecule has 0 saturated heterocycles. The van der Waals surface area contributed by atoms with Crippen molar-refractivity contribution < 1.29 is 14.3 Å². The van der Waals surface area contributed by atoms with Crippen molar-refractivity contribution in [2.45, 2.75) is 46.7 Å². The number of amides is 2. The maximum atomic E-state index is 12.9. The normalized spacial score (nSPS) is 11.8. The van der Waals surface area contributed by atoms with Crippen LogP contribution >= 0.6 is 0 Å². The van der Waals surface area contributed by atoms with Crippen molar-refractivity contribution in [1.82, 2.24) is 10.2 Å². The summed E-state index contributed by atoms with van der Waals surface area (Å²) in [4.78, 5) is 27.1. The van der Waals surface area contributed by atoms with E-state index in [0.29, 0.717) is 24.8 Å². The molecule has 0 aliphatic heterocycles. The average molecular weight is 397 g/mol. The molecule has 0 spiro atoms. The van der Waals surface area contributed by atoms with Gasteiger partial charge in [0, 0.05) is 13.1 Å². The predicted octanol–water partition coefficient (Wildman–Crippen LogP) is 3.82. The van der Waals surface area contributed by atoms with Gasteiger partial charge in [-0.3, -0.25) is 9.59 Å². The van der Waals surface area contributed by atoms with Crippen LogP contribution in [0.15, 0.2) is 54.6 Å². The van der Waals surface area contributed by atoms with Gasteiger partial charge in [0.2, 0.25) is 5.91 Å². The topological polar surface area (TPSA) is 58.6 Å². The van der Waals surface area contributed by atoms with Gasteiger partial charge >= 0.3 is 0 Å². The minimum atomic E-state index is -0.590. The Bertz CT molecular complexity index is 772. The van der Waals surface area contributed by atoms with Crippen LogP contribution in [0.1, 0.15) is 38.8 Å². The van der Waals surface area contributed by atoms with E-state index in [1.807, 2.05) is 68.4 Å². The molecule has 2 rings (SSSR count). The molecular weight excluding hydrogens is 364 g/mol. The highest BCUT2D eigenvalue weighted by Crippen LogP contribution is 2.14. The van der Waals surface area contributed by atoms with Crippen LogP contribution < -0.4 is 10.1 Å². The molecular formula is C24H32N2O3. The van der Waals surface area contributed by atoms with Crippen LogP contribution in [0.5, 0.6) is 5.75 Å². The highest BCUT2D eigenvalue weighted by Gasteiger charge is 2.26. The maximum absolute atomic E-state index is 12.9.